The number of hydrogen-bond acceptors (Lipinski definition) is 1. The summed E-state index contributed by atoms with van der Waals surface area (Å²) in [4.78, 5) is 2.24. The summed E-state index contributed by atoms with van der Waals surface area (Å²) in [5.41, 5.74) is 0. The van der Waals surface area contributed by atoms with Gasteiger partial charge >= 0.3 is 0 Å². The molecular formula is C10H21N. The third-order valence-electron chi connectivity index (χ3n) is 2.01. The summed E-state index contributed by atoms with van der Waals surface area (Å²) >= 11 is 0. The van der Waals surface area contributed by atoms with Crippen LogP contribution in [0.15, 0.2) is 12.7 Å². The third kappa shape index (κ3) is 5.02. The Labute approximate surface area is 71.1 Å². The molecule has 11 heavy (non-hydrogen) atoms. The second kappa shape index (κ2) is 5.36. The molecule has 0 aliphatic rings. The highest BCUT2D eigenvalue weighted by atomic mass is 15.1. The Morgan fingerprint density at radius 1 is 1.36 bits per heavy atom. The minimum Gasteiger partial charge on any atom is -0.309 e. The molecule has 0 aliphatic heterocycles. The van der Waals surface area contributed by atoms with Gasteiger partial charge in [0, 0.05) is 6.54 Å². The van der Waals surface area contributed by atoms with E-state index in [1.807, 2.05) is 6.08 Å². The molecule has 0 saturated heterocycles. The fourth-order valence-corrected chi connectivity index (χ4v) is 1.24. The van der Waals surface area contributed by atoms with E-state index in [0.29, 0.717) is 0 Å². The van der Waals surface area contributed by atoms with Crippen LogP contribution in [-0.2, 0) is 0 Å². The van der Waals surface area contributed by atoms with Crippen molar-refractivity contribution in [2.24, 2.45) is 11.8 Å². The molecule has 1 heteroatoms. The Morgan fingerprint density at radius 2 is 1.91 bits per heavy atom. The number of allylic oxidation sites excluding steroid dienone is 1. The Morgan fingerprint density at radius 3 is 2.18 bits per heavy atom. The van der Waals surface area contributed by atoms with Gasteiger partial charge in [0.25, 0.3) is 0 Å². The van der Waals surface area contributed by atoms with Crippen LogP contribution in [0.4, 0.5) is 0 Å². The zero-order valence-corrected chi connectivity index (χ0v) is 8.30. The van der Waals surface area contributed by atoms with Crippen molar-refractivity contribution in [1.82, 2.24) is 4.90 Å². The lowest BCUT2D eigenvalue weighted by atomic mass is 9.92. The molecule has 0 rings (SSSR count). The average molecular weight is 155 g/mol. The Bertz CT molecular complexity index is 105. The summed E-state index contributed by atoms with van der Waals surface area (Å²) in [7, 11) is 4.25. The monoisotopic (exact) mass is 155 g/mol. The normalized spacial score (nSPS) is 14.0. The first-order chi connectivity index (χ1) is 5.07. The quantitative estimate of drug-likeness (QED) is 0.551. The molecule has 66 valence electrons. The maximum atomic E-state index is 3.77. The van der Waals surface area contributed by atoms with Crippen molar-refractivity contribution < 1.29 is 0 Å². The van der Waals surface area contributed by atoms with Gasteiger partial charge in [-0.3, -0.25) is 0 Å². The van der Waals surface area contributed by atoms with Crippen molar-refractivity contribution >= 4 is 0 Å². The van der Waals surface area contributed by atoms with E-state index in [2.05, 4.69) is 39.4 Å². The number of rotatable bonds is 5. The highest BCUT2D eigenvalue weighted by Crippen LogP contribution is 2.15. The van der Waals surface area contributed by atoms with Gasteiger partial charge in [0.2, 0.25) is 0 Å². The first kappa shape index (κ1) is 10.7. The molecule has 0 aromatic heterocycles. The van der Waals surface area contributed by atoms with Gasteiger partial charge in [-0.15, -0.1) is 6.58 Å². The topological polar surface area (TPSA) is 3.24 Å². The lowest BCUT2D eigenvalue weighted by Crippen LogP contribution is -2.24. The predicted octanol–water partition coefficient (Wildman–Crippen LogP) is 2.40. The maximum Gasteiger partial charge on any atom is 0.000897 e. The molecular weight excluding hydrogens is 134 g/mol. The minimum absolute atomic E-state index is 0.760. The van der Waals surface area contributed by atoms with Crippen LogP contribution < -0.4 is 0 Å². The lowest BCUT2D eigenvalue weighted by molar-refractivity contribution is 0.271. The van der Waals surface area contributed by atoms with Gasteiger partial charge in [0.05, 0.1) is 0 Å². The molecule has 0 bridgehead atoms. The van der Waals surface area contributed by atoms with E-state index >= 15 is 0 Å². The summed E-state index contributed by atoms with van der Waals surface area (Å²) in [5, 5.41) is 0. The van der Waals surface area contributed by atoms with Crippen molar-refractivity contribution in [2.75, 3.05) is 20.6 Å². The van der Waals surface area contributed by atoms with Crippen LogP contribution in [0.1, 0.15) is 20.3 Å². The Kier molecular flexibility index (Phi) is 5.22. The molecule has 0 aromatic rings. The second-order valence-corrected chi connectivity index (χ2v) is 3.79. The number of nitrogens with zero attached hydrogens (tertiary/aromatic N) is 1. The zero-order chi connectivity index (χ0) is 8.85. The van der Waals surface area contributed by atoms with E-state index in [0.717, 1.165) is 18.3 Å². The van der Waals surface area contributed by atoms with Gasteiger partial charge in [0.1, 0.15) is 0 Å². The van der Waals surface area contributed by atoms with Crippen LogP contribution in [0.5, 0.6) is 0 Å². The van der Waals surface area contributed by atoms with Gasteiger partial charge < -0.3 is 4.90 Å². The van der Waals surface area contributed by atoms with Crippen LogP contribution >= 0.6 is 0 Å². The van der Waals surface area contributed by atoms with Gasteiger partial charge in [-0.05, 0) is 32.4 Å². The average Bonchev–Trinajstić information content (AvgIpc) is 1.86. The van der Waals surface area contributed by atoms with Crippen LogP contribution in [0.3, 0.4) is 0 Å². The second-order valence-electron chi connectivity index (χ2n) is 3.79. The van der Waals surface area contributed by atoms with E-state index in [9.17, 15) is 0 Å². The molecule has 0 fully saturated rings. The fraction of sp³-hybridized carbons (Fsp3) is 0.800. The summed E-state index contributed by atoms with van der Waals surface area (Å²) in [6.45, 7) is 9.49. The summed E-state index contributed by atoms with van der Waals surface area (Å²) < 4.78 is 0. The molecule has 0 spiro atoms. The third-order valence-corrected chi connectivity index (χ3v) is 2.01. The van der Waals surface area contributed by atoms with Gasteiger partial charge in [-0.25, -0.2) is 0 Å². The highest BCUT2D eigenvalue weighted by molar-refractivity contribution is 4.76. The molecule has 0 aliphatic carbocycles. The summed E-state index contributed by atoms with van der Waals surface area (Å²) in [6, 6.07) is 0. The molecule has 0 aromatic carbocycles. The molecule has 0 amide bonds. The Balaban J connectivity index is 3.78. The van der Waals surface area contributed by atoms with E-state index in [-0.39, 0.29) is 0 Å². The highest BCUT2D eigenvalue weighted by Gasteiger charge is 2.11. The standard InChI is InChI=1S/C10H21N/c1-6-7-10(9(2)3)8-11(4)5/h6,9-10H,1,7-8H2,2-5H3. The van der Waals surface area contributed by atoms with Crippen LogP contribution in [0.25, 0.3) is 0 Å². The van der Waals surface area contributed by atoms with Crippen molar-refractivity contribution in [2.45, 2.75) is 20.3 Å². The van der Waals surface area contributed by atoms with Crippen molar-refractivity contribution in [3.05, 3.63) is 12.7 Å². The minimum atomic E-state index is 0.760. The van der Waals surface area contributed by atoms with E-state index in [1.54, 1.807) is 0 Å². The van der Waals surface area contributed by atoms with Gasteiger partial charge in [-0.2, -0.15) is 0 Å². The van der Waals surface area contributed by atoms with Crippen LogP contribution in [0.2, 0.25) is 0 Å². The molecule has 0 radical (unpaired) electrons. The van der Waals surface area contributed by atoms with Crippen LogP contribution in [0, 0.1) is 11.8 Å². The SMILES string of the molecule is C=CCC(CN(C)C)C(C)C. The Hall–Kier alpha value is -0.300. The van der Waals surface area contributed by atoms with Crippen molar-refractivity contribution in [3.63, 3.8) is 0 Å². The molecule has 1 unspecified atom stereocenters. The first-order valence-corrected chi connectivity index (χ1v) is 4.33. The smallest absolute Gasteiger partial charge is 0.000897 e. The maximum absolute atomic E-state index is 3.77. The molecule has 0 heterocycles. The largest absolute Gasteiger partial charge is 0.309 e. The van der Waals surface area contributed by atoms with Gasteiger partial charge in [0.15, 0.2) is 0 Å². The van der Waals surface area contributed by atoms with Crippen molar-refractivity contribution in [3.8, 4) is 0 Å². The fourth-order valence-electron chi connectivity index (χ4n) is 1.24. The first-order valence-electron chi connectivity index (χ1n) is 4.33. The predicted molar refractivity (Wildman–Crippen MR) is 51.7 cm³/mol. The molecule has 1 atom stereocenters. The zero-order valence-electron chi connectivity index (χ0n) is 8.30. The summed E-state index contributed by atoms with van der Waals surface area (Å²) in [6.07, 6.45) is 3.16. The van der Waals surface area contributed by atoms with E-state index in [4.69, 9.17) is 0 Å². The molecule has 0 saturated carbocycles. The molecule has 0 N–H and O–H groups in total. The number of hydrogen-bond donors (Lipinski definition) is 0. The van der Waals surface area contributed by atoms with E-state index < -0.39 is 0 Å². The molecule has 1 nitrogen and oxygen atoms in total. The van der Waals surface area contributed by atoms with E-state index in [1.165, 1.54) is 6.54 Å². The summed E-state index contributed by atoms with van der Waals surface area (Å²) in [5.74, 6) is 1.53. The van der Waals surface area contributed by atoms with Crippen LogP contribution in [-0.4, -0.2) is 25.5 Å². The van der Waals surface area contributed by atoms with Gasteiger partial charge in [-0.1, -0.05) is 19.9 Å². The lowest BCUT2D eigenvalue weighted by Gasteiger charge is -2.22. The van der Waals surface area contributed by atoms with Crippen molar-refractivity contribution in [1.29, 1.82) is 0 Å².